The molecule has 1 fully saturated rings. The number of amides is 1. The van der Waals surface area contributed by atoms with E-state index in [0.717, 1.165) is 17.5 Å². The van der Waals surface area contributed by atoms with Crippen LogP contribution in [0.5, 0.6) is 0 Å². The number of carbonyl (C=O) groups is 1. The first-order valence-electron chi connectivity index (χ1n) is 8.24. The molecule has 1 atom stereocenters. The topological polar surface area (TPSA) is 79.8 Å². The summed E-state index contributed by atoms with van der Waals surface area (Å²) < 4.78 is 42.1. The van der Waals surface area contributed by atoms with E-state index in [1.165, 1.54) is 7.05 Å². The molecule has 2 N–H and O–H groups in total. The van der Waals surface area contributed by atoms with E-state index >= 15 is 0 Å². The summed E-state index contributed by atoms with van der Waals surface area (Å²) in [4.78, 5) is 25.9. The predicted octanol–water partition coefficient (Wildman–Crippen LogP) is 2.41. The Bertz CT molecular complexity index is 891. The van der Waals surface area contributed by atoms with Gasteiger partial charge in [0.05, 0.1) is 0 Å². The van der Waals surface area contributed by atoms with Crippen LogP contribution in [0.2, 0.25) is 0 Å². The van der Waals surface area contributed by atoms with Crippen LogP contribution >= 0.6 is 0 Å². The monoisotopic (exact) mass is 372 g/mol. The average Bonchev–Trinajstić information content (AvgIpc) is 3.36. The van der Waals surface area contributed by atoms with Gasteiger partial charge in [-0.05, 0) is 30.6 Å². The lowest BCUT2D eigenvalue weighted by atomic mass is 9.78. The molecule has 0 bridgehead atoms. The third kappa shape index (κ3) is 3.66. The molecule has 9 heteroatoms. The third-order valence-corrected chi connectivity index (χ3v) is 4.89. The zero-order valence-corrected chi connectivity index (χ0v) is 14.4. The van der Waals surface area contributed by atoms with Gasteiger partial charge >= 0.3 is 5.69 Å². The molecule has 0 saturated heterocycles. The highest BCUT2D eigenvalue weighted by molar-refractivity contribution is 5.90. The number of benzene rings is 1. The van der Waals surface area contributed by atoms with Crippen LogP contribution in [-0.4, -0.2) is 27.2 Å². The first kappa shape index (κ1) is 18.2. The van der Waals surface area contributed by atoms with Gasteiger partial charge in [-0.1, -0.05) is 6.92 Å². The van der Waals surface area contributed by atoms with E-state index in [2.05, 4.69) is 15.4 Å². The molecule has 1 aliphatic carbocycles. The summed E-state index contributed by atoms with van der Waals surface area (Å²) in [7, 11) is 1.41. The fourth-order valence-corrected chi connectivity index (χ4v) is 3.15. The fraction of sp³-hybridized carbons (Fsp3) is 0.471. The molecule has 1 aromatic heterocycles. The molecule has 6 nitrogen and oxygen atoms in total. The summed E-state index contributed by atoms with van der Waals surface area (Å²) in [5.41, 5.74) is -1.32. The van der Waals surface area contributed by atoms with Gasteiger partial charge in [0, 0.05) is 34.1 Å². The minimum atomic E-state index is -0.968. The smallest absolute Gasteiger partial charge is 0.343 e. The van der Waals surface area contributed by atoms with Crippen molar-refractivity contribution in [3.8, 4) is 0 Å². The van der Waals surface area contributed by atoms with Gasteiger partial charge in [0.1, 0.15) is 17.5 Å². The second kappa shape index (κ2) is 6.62. The summed E-state index contributed by atoms with van der Waals surface area (Å²) in [6, 6.07) is 1.31. The first-order chi connectivity index (χ1) is 12.2. The van der Waals surface area contributed by atoms with Gasteiger partial charge in [-0.15, -0.1) is 5.10 Å². The van der Waals surface area contributed by atoms with Crippen molar-refractivity contribution in [1.82, 2.24) is 20.1 Å². The van der Waals surface area contributed by atoms with Crippen molar-refractivity contribution in [2.45, 2.75) is 26.2 Å². The highest BCUT2D eigenvalue weighted by Gasteiger charge is 2.42. The molecular weight excluding hydrogens is 349 g/mol. The highest BCUT2D eigenvalue weighted by atomic mass is 19.1. The molecule has 1 amide bonds. The number of aromatic nitrogens is 3. The van der Waals surface area contributed by atoms with Gasteiger partial charge in [-0.2, -0.15) is 0 Å². The van der Waals surface area contributed by atoms with Crippen molar-refractivity contribution in [3.63, 3.8) is 0 Å². The van der Waals surface area contributed by atoms with Gasteiger partial charge in [-0.25, -0.2) is 22.6 Å². The molecule has 26 heavy (non-hydrogen) atoms. The number of hydrogen-bond donors (Lipinski definition) is 2. The maximum absolute atomic E-state index is 14.0. The van der Waals surface area contributed by atoms with Crippen molar-refractivity contribution in [2.75, 3.05) is 6.54 Å². The molecule has 1 unspecified atom stereocenters. The van der Waals surface area contributed by atoms with E-state index in [4.69, 9.17) is 0 Å². The van der Waals surface area contributed by atoms with Crippen molar-refractivity contribution < 1.29 is 20.8 Å². The van der Waals surface area contributed by atoms with Gasteiger partial charge in [0.25, 0.3) is 5.91 Å². The van der Waals surface area contributed by atoms with Crippen LogP contribution in [0.3, 0.4) is 0 Å². The zero-order chi connectivity index (χ0) is 19.1. The van der Waals surface area contributed by atoms with Crippen LogP contribution in [-0.2, 0) is 13.5 Å². The average molecular weight is 372 g/mol. The van der Waals surface area contributed by atoms with Crippen LogP contribution in [0.1, 0.15) is 38.8 Å². The first-order valence-corrected chi connectivity index (χ1v) is 8.24. The number of nitrogens with one attached hydrogen (secondary N) is 2. The van der Waals surface area contributed by atoms with Crippen LogP contribution < -0.4 is 11.0 Å². The van der Waals surface area contributed by atoms with E-state index in [-0.39, 0.29) is 33.1 Å². The number of H-pyrrole nitrogens is 1. The summed E-state index contributed by atoms with van der Waals surface area (Å²) in [6.07, 6.45) is 1.79. The molecule has 144 valence electrons. The lowest BCUT2D eigenvalue weighted by molar-refractivity contribution is 0.0915. The van der Waals surface area contributed by atoms with E-state index in [9.17, 15) is 22.8 Å². The molecule has 0 aliphatic heterocycles. The fourth-order valence-electron chi connectivity index (χ4n) is 3.15. The minimum absolute atomic E-state index is 0. The Morgan fingerprint density at radius 1 is 1.38 bits per heavy atom. The Kier molecular flexibility index (Phi) is 4.64. The molecular formula is C17H23F3N4O2. The Morgan fingerprint density at radius 2 is 2.00 bits per heavy atom. The van der Waals surface area contributed by atoms with Crippen molar-refractivity contribution >= 4 is 5.91 Å². The maximum atomic E-state index is 14.0. The lowest BCUT2D eigenvalue weighted by Gasteiger charge is -2.30. The summed E-state index contributed by atoms with van der Waals surface area (Å²) in [6.45, 7) is 1.97. The van der Waals surface area contributed by atoms with Crippen molar-refractivity contribution in [1.29, 1.82) is 0 Å². The molecule has 3 rings (SSSR count). The number of halogens is 3. The van der Waals surface area contributed by atoms with E-state index < -0.39 is 34.5 Å². The third-order valence-electron chi connectivity index (χ3n) is 4.89. The van der Waals surface area contributed by atoms with Crippen LogP contribution in [0.25, 0.3) is 0 Å². The summed E-state index contributed by atoms with van der Waals surface area (Å²) in [5, 5.41) is 6.44. The second-order valence-corrected chi connectivity index (χ2v) is 7.04. The Hall–Kier alpha value is -2.58. The Balaban J connectivity index is 0.00000196. The van der Waals surface area contributed by atoms with E-state index in [0.29, 0.717) is 12.1 Å². The number of hydrogen-bond acceptors (Lipinski definition) is 3. The minimum Gasteiger partial charge on any atom is -0.349 e. The molecule has 1 heterocycles. The SMILES string of the molecule is Cn1nc(C(=O)NCC(C)(Cc2c(F)cc(F)cc2F)C2CC2)[nH]c1=O.[HH].[HH]. The summed E-state index contributed by atoms with van der Waals surface area (Å²) in [5.74, 6) is -3.35. The predicted molar refractivity (Wildman–Crippen MR) is 91.2 cm³/mol. The number of aryl methyl sites for hydroxylation is 1. The molecule has 1 saturated carbocycles. The molecule has 1 aliphatic rings. The van der Waals surface area contributed by atoms with Gasteiger partial charge in [-0.3, -0.25) is 9.78 Å². The molecule has 0 radical (unpaired) electrons. The Labute approximate surface area is 150 Å². The highest BCUT2D eigenvalue weighted by Crippen LogP contribution is 2.47. The second-order valence-electron chi connectivity index (χ2n) is 7.04. The van der Waals surface area contributed by atoms with Crippen molar-refractivity contribution in [2.24, 2.45) is 18.4 Å². The van der Waals surface area contributed by atoms with E-state index in [1.807, 2.05) is 6.92 Å². The number of rotatable bonds is 6. The summed E-state index contributed by atoms with van der Waals surface area (Å²) >= 11 is 0. The van der Waals surface area contributed by atoms with Crippen LogP contribution in [0, 0.1) is 28.8 Å². The number of carbonyl (C=O) groups excluding carboxylic acids is 1. The van der Waals surface area contributed by atoms with Crippen molar-refractivity contribution in [3.05, 3.63) is 51.5 Å². The maximum Gasteiger partial charge on any atom is 0.343 e. The Morgan fingerprint density at radius 3 is 2.50 bits per heavy atom. The normalized spacial score (nSPS) is 16.3. The molecule has 2 aromatic rings. The van der Waals surface area contributed by atoms with Crippen LogP contribution in [0.4, 0.5) is 13.2 Å². The quantitative estimate of drug-likeness (QED) is 0.817. The zero-order valence-electron chi connectivity index (χ0n) is 14.4. The van der Waals surface area contributed by atoms with Gasteiger partial charge < -0.3 is 5.32 Å². The molecule has 0 spiro atoms. The van der Waals surface area contributed by atoms with Gasteiger partial charge in [0.2, 0.25) is 5.82 Å². The van der Waals surface area contributed by atoms with Crippen LogP contribution in [0.15, 0.2) is 16.9 Å². The largest absolute Gasteiger partial charge is 0.349 e. The van der Waals surface area contributed by atoms with E-state index in [1.54, 1.807) is 0 Å². The lowest BCUT2D eigenvalue weighted by Crippen LogP contribution is -2.39. The standard InChI is InChI=1S/C17H19F3N4O2.2H2/c1-17(9-3-4-9,7-11-12(19)5-10(18)6-13(11)20)8-21-15(25)14-22-16(26)24(2)23-14;;/h5-6,9H,3-4,7-8H2,1-2H3,(H,21,25)(H,22,23,26);2*1H. The number of aromatic amines is 1. The number of nitrogens with zero attached hydrogens (tertiary/aromatic N) is 2. The molecule has 1 aromatic carbocycles. The van der Waals surface area contributed by atoms with Gasteiger partial charge in [0.15, 0.2) is 0 Å².